The molecule has 0 aliphatic rings. The first-order valence-corrected chi connectivity index (χ1v) is 6.87. The monoisotopic (exact) mass is 266 g/mol. The SMILES string of the molecule is Cc1ccc(NCc2ccn[nH]2)cc1S(N)(=O)=O. The molecule has 2 rings (SSSR count). The van der Waals surface area contributed by atoms with Gasteiger partial charge in [0.1, 0.15) is 0 Å². The Morgan fingerprint density at radius 1 is 1.39 bits per heavy atom. The Hall–Kier alpha value is -1.86. The first-order valence-electron chi connectivity index (χ1n) is 5.32. The molecule has 1 aromatic carbocycles. The van der Waals surface area contributed by atoms with E-state index in [1.165, 1.54) is 6.07 Å². The molecular weight excluding hydrogens is 252 g/mol. The highest BCUT2D eigenvalue weighted by atomic mass is 32.2. The van der Waals surface area contributed by atoms with Crippen LogP contribution in [-0.4, -0.2) is 18.6 Å². The minimum atomic E-state index is -3.69. The summed E-state index contributed by atoms with van der Waals surface area (Å²) in [5.41, 5.74) is 2.23. The number of nitrogens with one attached hydrogen (secondary N) is 2. The molecule has 1 heterocycles. The van der Waals surface area contributed by atoms with Gasteiger partial charge in [0.2, 0.25) is 10.0 Å². The fourth-order valence-electron chi connectivity index (χ4n) is 1.60. The summed E-state index contributed by atoms with van der Waals surface area (Å²) in [4.78, 5) is 0.136. The molecule has 0 saturated heterocycles. The number of primary sulfonamides is 1. The summed E-state index contributed by atoms with van der Waals surface area (Å²) in [5, 5.41) is 14.9. The van der Waals surface area contributed by atoms with E-state index in [1.54, 1.807) is 25.3 Å². The maximum absolute atomic E-state index is 11.4. The molecule has 6 nitrogen and oxygen atoms in total. The average molecular weight is 266 g/mol. The third-order valence-electron chi connectivity index (χ3n) is 2.54. The molecule has 7 heteroatoms. The van der Waals surface area contributed by atoms with Crippen molar-refractivity contribution in [1.82, 2.24) is 10.2 Å². The molecule has 96 valence electrons. The fourth-order valence-corrected chi connectivity index (χ4v) is 2.41. The number of aromatic nitrogens is 2. The standard InChI is InChI=1S/C11H14N4O2S/c1-8-2-3-9(6-11(8)18(12,16)17)13-7-10-4-5-14-15-10/h2-6,13H,7H2,1H3,(H,14,15)(H2,12,16,17). The summed E-state index contributed by atoms with van der Waals surface area (Å²) in [7, 11) is -3.69. The second kappa shape index (κ2) is 4.79. The largest absolute Gasteiger partial charge is 0.379 e. The first-order chi connectivity index (χ1) is 8.47. The number of aryl methyl sites for hydroxylation is 1. The molecule has 2 aromatic rings. The van der Waals surface area contributed by atoms with Gasteiger partial charge in [-0.05, 0) is 30.7 Å². The lowest BCUT2D eigenvalue weighted by Crippen LogP contribution is -2.14. The number of sulfonamides is 1. The van der Waals surface area contributed by atoms with Crippen molar-refractivity contribution in [3.05, 3.63) is 41.7 Å². The van der Waals surface area contributed by atoms with Gasteiger partial charge in [-0.25, -0.2) is 13.6 Å². The van der Waals surface area contributed by atoms with Crippen LogP contribution in [0.4, 0.5) is 5.69 Å². The van der Waals surface area contributed by atoms with Gasteiger partial charge in [0.25, 0.3) is 0 Å². The highest BCUT2D eigenvalue weighted by Crippen LogP contribution is 2.19. The van der Waals surface area contributed by atoms with E-state index < -0.39 is 10.0 Å². The highest BCUT2D eigenvalue weighted by Gasteiger charge is 2.11. The van der Waals surface area contributed by atoms with Crippen molar-refractivity contribution in [2.24, 2.45) is 5.14 Å². The van der Waals surface area contributed by atoms with Gasteiger partial charge >= 0.3 is 0 Å². The van der Waals surface area contributed by atoms with E-state index in [0.29, 0.717) is 17.8 Å². The zero-order valence-electron chi connectivity index (χ0n) is 9.84. The predicted molar refractivity (Wildman–Crippen MR) is 68.5 cm³/mol. The quantitative estimate of drug-likeness (QED) is 0.767. The van der Waals surface area contributed by atoms with Gasteiger partial charge in [0, 0.05) is 11.9 Å². The Bertz CT molecular complexity index is 635. The van der Waals surface area contributed by atoms with Crippen molar-refractivity contribution in [3.8, 4) is 0 Å². The molecular formula is C11H14N4O2S. The molecule has 0 fully saturated rings. The molecule has 1 aromatic heterocycles. The second-order valence-electron chi connectivity index (χ2n) is 3.96. The van der Waals surface area contributed by atoms with Crippen LogP contribution in [0.15, 0.2) is 35.4 Å². The third-order valence-corrected chi connectivity index (χ3v) is 3.59. The van der Waals surface area contributed by atoms with Gasteiger partial charge in [-0.1, -0.05) is 6.07 Å². The topological polar surface area (TPSA) is 101 Å². The smallest absolute Gasteiger partial charge is 0.238 e. The van der Waals surface area contributed by atoms with Crippen LogP contribution < -0.4 is 10.5 Å². The Kier molecular flexibility index (Phi) is 3.35. The molecule has 0 saturated carbocycles. The van der Waals surface area contributed by atoms with Gasteiger partial charge in [-0.2, -0.15) is 5.10 Å². The van der Waals surface area contributed by atoms with Crippen LogP contribution in [-0.2, 0) is 16.6 Å². The second-order valence-corrected chi connectivity index (χ2v) is 5.49. The van der Waals surface area contributed by atoms with Crippen molar-refractivity contribution in [1.29, 1.82) is 0 Å². The number of nitrogens with zero attached hydrogens (tertiary/aromatic N) is 1. The zero-order valence-corrected chi connectivity index (χ0v) is 10.7. The van der Waals surface area contributed by atoms with E-state index in [2.05, 4.69) is 15.5 Å². The Morgan fingerprint density at radius 3 is 2.78 bits per heavy atom. The van der Waals surface area contributed by atoms with Gasteiger partial charge in [-0.3, -0.25) is 5.10 Å². The third kappa shape index (κ3) is 2.88. The van der Waals surface area contributed by atoms with Crippen LogP contribution in [0.2, 0.25) is 0 Å². The van der Waals surface area contributed by atoms with Crippen molar-refractivity contribution in [2.75, 3.05) is 5.32 Å². The maximum Gasteiger partial charge on any atom is 0.238 e. The summed E-state index contributed by atoms with van der Waals surface area (Å²) < 4.78 is 22.7. The van der Waals surface area contributed by atoms with E-state index in [9.17, 15) is 8.42 Å². The molecule has 0 atom stereocenters. The minimum Gasteiger partial charge on any atom is -0.379 e. The molecule has 0 unspecified atom stereocenters. The van der Waals surface area contributed by atoms with Crippen LogP contribution in [0.3, 0.4) is 0 Å². The normalized spacial score (nSPS) is 11.4. The van der Waals surface area contributed by atoms with Gasteiger partial charge in [-0.15, -0.1) is 0 Å². The lowest BCUT2D eigenvalue weighted by Gasteiger charge is -2.08. The predicted octanol–water partition coefficient (Wildman–Crippen LogP) is 0.978. The molecule has 0 amide bonds. The Labute approximate surface area is 105 Å². The summed E-state index contributed by atoms with van der Waals surface area (Å²) in [6.07, 6.45) is 1.65. The summed E-state index contributed by atoms with van der Waals surface area (Å²) in [6.45, 7) is 2.24. The summed E-state index contributed by atoms with van der Waals surface area (Å²) in [5.74, 6) is 0. The molecule has 0 bridgehead atoms. The molecule has 4 N–H and O–H groups in total. The number of hydrogen-bond acceptors (Lipinski definition) is 4. The van der Waals surface area contributed by atoms with E-state index in [-0.39, 0.29) is 4.90 Å². The van der Waals surface area contributed by atoms with Crippen LogP contribution in [0.25, 0.3) is 0 Å². The molecule has 0 aliphatic heterocycles. The molecule has 0 aliphatic carbocycles. The number of anilines is 1. The molecule has 0 radical (unpaired) electrons. The van der Waals surface area contributed by atoms with Crippen molar-refractivity contribution in [3.63, 3.8) is 0 Å². The lowest BCUT2D eigenvalue weighted by molar-refractivity contribution is 0.597. The Balaban J connectivity index is 2.20. The minimum absolute atomic E-state index is 0.136. The van der Waals surface area contributed by atoms with Crippen molar-refractivity contribution < 1.29 is 8.42 Å². The molecule has 18 heavy (non-hydrogen) atoms. The van der Waals surface area contributed by atoms with Gasteiger partial charge in [0.15, 0.2) is 0 Å². The van der Waals surface area contributed by atoms with Crippen LogP contribution in [0.5, 0.6) is 0 Å². The maximum atomic E-state index is 11.4. The average Bonchev–Trinajstić information content (AvgIpc) is 2.79. The van der Waals surface area contributed by atoms with Gasteiger partial charge < -0.3 is 5.32 Å². The van der Waals surface area contributed by atoms with Gasteiger partial charge in [0.05, 0.1) is 17.1 Å². The number of aromatic amines is 1. The van der Waals surface area contributed by atoms with E-state index in [0.717, 1.165) is 5.69 Å². The lowest BCUT2D eigenvalue weighted by atomic mass is 10.2. The zero-order chi connectivity index (χ0) is 13.2. The van der Waals surface area contributed by atoms with Crippen LogP contribution in [0.1, 0.15) is 11.3 Å². The van der Waals surface area contributed by atoms with Crippen molar-refractivity contribution in [2.45, 2.75) is 18.4 Å². The number of nitrogens with two attached hydrogens (primary N) is 1. The number of rotatable bonds is 4. The summed E-state index contributed by atoms with van der Waals surface area (Å²) >= 11 is 0. The first kappa shape index (κ1) is 12.6. The number of H-pyrrole nitrogens is 1. The number of benzene rings is 1. The highest BCUT2D eigenvalue weighted by molar-refractivity contribution is 7.89. The van der Waals surface area contributed by atoms with Crippen molar-refractivity contribution >= 4 is 15.7 Å². The van der Waals surface area contributed by atoms with Crippen LogP contribution in [0, 0.1) is 6.92 Å². The van der Waals surface area contributed by atoms with E-state index >= 15 is 0 Å². The Morgan fingerprint density at radius 2 is 2.17 bits per heavy atom. The molecule has 0 spiro atoms. The van der Waals surface area contributed by atoms with E-state index in [4.69, 9.17) is 5.14 Å². The van der Waals surface area contributed by atoms with E-state index in [1.807, 2.05) is 6.07 Å². The fraction of sp³-hybridized carbons (Fsp3) is 0.182. The number of hydrogen-bond donors (Lipinski definition) is 3. The van der Waals surface area contributed by atoms with Crippen LogP contribution >= 0.6 is 0 Å². The summed E-state index contributed by atoms with van der Waals surface area (Å²) in [6, 6.07) is 6.89.